The Labute approximate surface area is 143 Å². The minimum Gasteiger partial charge on any atom is -0.126 e. The predicted molar refractivity (Wildman–Crippen MR) is 95.6 cm³/mol. The van der Waals surface area contributed by atoms with Crippen LogP contribution in [-0.4, -0.2) is 0 Å². The van der Waals surface area contributed by atoms with Gasteiger partial charge in [0, 0.05) is 15.1 Å². The van der Waals surface area contributed by atoms with Gasteiger partial charge in [0.1, 0.15) is 0 Å². The van der Waals surface area contributed by atoms with Gasteiger partial charge in [-0.15, -0.1) is 11.3 Å². The van der Waals surface area contributed by atoms with E-state index in [2.05, 4.69) is 56.1 Å². The molecule has 0 unspecified atom stereocenters. The van der Waals surface area contributed by atoms with E-state index in [9.17, 15) is 0 Å². The molecular weight excluding hydrogens is 420 g/mol. The third-order valence-electron chi connectivity index (χ3n) is 2.98. The van der Waals surface area contributed by atoms with Gasteiger partial charge in [-0.3, -0.25) is 0 Å². The molecule has 1 aromatic heterocycles. The lowest BCUT2D eigenvalue weighted by atomic mass is 10.1. The fourth-order valence-electron chi connectivity index (χ4n) is 2.02. The van der Waals surface area contributed by atoms with Crippen molar-refractivity contribution >= 4 is 54.8 Å². The number of hydrogen-bond acceptors (Lipinski definition) is 1. The first-order valence-electron chi connectivity index (χ1n) is 5.96. The molecule has 0 atom stereocenters. The Morgan fingerprint density at radius 3 is 2.10 bits per heavy atom. The van der Waals surface area contributed by atoms with E-state index in [0.717, 1.165) is 18.8 Å². The fraction of sp³-hybridized carbons (Fsp3) is 0. The van der Waals surface area contributed by atoms with Crippen LogP contribution in [0.3, 0.4) is 0 Å². The third-order valence-corrected chi connectivity index (χ3v) is 6.19. The molecule has 0 aliphatic rings. The van der Waals surface area contributed by atoms with Crippen LogP contribution in [0.5, 0.6) is 0 Å². The van der Waals surface area contributed by atoms with Crippen LogP contribution in [0.25, 0.3) is 21.6 Å². The van der Waals surface area contributed by atoms with E-state index < -0.39 is 0 Å². The van der Waals surface area contributed by atoms with Crippen molar-refractivity contribution in [3.05, 3.63) is 67.9 Å². The lowest BCUT2D eigenvalue weighted by Crippen LogP contribution is -1.77. The summed E-state index contributed by atoms with van der Waals surface area (Å²) in [6, 6.07) is 18.3. The molecule has 0 radical (unpaired) electrons. The highest BCUT2D eigenvalue weighted by atomic mass is 79.9. The SMILES string of the molecule is Clc1ccc(-c2c(Br)sc(-c3ccccc3)c2Br)cc1. The Bertz CT molecular complexity index is 733. The van der Waals surface area contributed by atoms with Gasteiger partial charge in [0.15, 0.2) is 0 Å². The minimum atomic E-state index is 0.750. The molecule has 0 saturated carbocycles. The van der Waals surface area contributed by atoms with Gasteiger partial charge in [-0.2, -0.15) is 0 Å². The largest absolute Gasteiger partial charge is 0.126 e. The third kappa shape index (κ3) is 2.73. The minimum absolute atomic E-state index is 0.750. The number of hydrogen-bond donors (Lipinski definition) is 0. The summed E-state index contributed by atoms with van der Waals surface area (Å²) in [5.74, 6) is 0. The number of rotatable bonds is 2. The highest BCUT2D eigenvalue weighted by molar-refractivity contribution is 9.11. The highest BCUT2D eigenvalue weighted by Crippen LogP contribution is 2.48. The molecule has 0 saturated heterocycles. The Kier molecular flexibility index (Phi) is 4.32. The molecule has 1 heterocycles. The standard InChI is InChI=1S/C16H9Br2ClS/c17-14-13(10-6-8-12(19)9-7-10)16(18)20-15(14)11-4-2-1-3-5-11/h1-9H. The summed E-state index contributed by atoms with van der Waals surface area (Å²) >= 11 is 15.1. The van der Waals surface area contributed by atoms with E-state index in [1.165, 1.54) is 16.0 Å². The maximum atomic E-state index is 5.96. The normalized spacial score (nSPS) is 10.8. The van der Waals surface area contributed by atoms with E-state index in [1.807, 2.05) is 30.3 Å². The van der Waals surface area contributed by atoms with Crippen LogP contribution in [0.2, 0.25) is 5.02 Å². The average molecular weight is 429 g/mol. The lowest BCUT2D eigenvalue weighted by molar-refractivity contribution is 1.63. The molecule has 0 spiro atoms. The predicted octanol–water partition coefficient (Wildman–Crippen LogP) is 7.26. The van der Waals surface area contributed by atoms with Gasteiger partial charge in [-0.1, -0.05) is 54.1 Å². The summed E-state index contributed by atoms with van der Waals surface area (Å²) < 4.78 is 2.23. The molecule has 4 heteroatoms. The molecule has 0 N–H and O–H groups in total. The summed E-state index contributed by atoms with van der Waals surface area (Å²) in [6.07, 6.45) is 0. The van der Waals surface area contributed by atoms with Gasteiger partial charge in [0.25, 0.3) is 0 Å². The molecule has 100 valence electrons. The van der Waals surface area contributed by atoms with Crippen LogP contribution in [0.4, 0.5) is 0 Å². The first-order valence-corrected chi connectivity index (χ1v) is 8.74. The highest BCUT2D eigenvalue weighted by Gasteiger charge is 2.17. The maximum Gasteiger partial charge on any atom is 0.0795 e. The van der Waals surface area contributed by atoms with Crippen LogP contribution in [-0.2, 0) is 0 Å². The zero-order chi connectivity index (χ0) is 14.1. The maximum absolute atomic E-state index is 5.96. The smallest absolute Gasteiger partial charge is 0.0795 e. The first-order chi connectivity index (χ1) is 9.66. The molecule has 0 nitrogen and oxygen atoms in total. The van der Waals surface area contributed by atoms with Gasteiger partial charge in [-0.25, -0.2) is 0 Å². The number of benzene rings is 2. The van der Waals surface area contributed by atoms with E-state index in [4.69, 9.17) is 11.6 Å². The summed E-state index contributed by atoms with van der Waals surface area (Å²) in [6.45, 7) is 0. The molecule has 0 fully saturated rings. The van der Waals surface area contributed by atoms with Crippen LogP contribution >= 0.6 is 54.8 Å². The van der Waals surface area contributed by atoms with Crippen molar-refractivity contribution in [2.45, 2.75) is 0 Å². The van der Waals surface area contributed by atoms with Gasteiger partial charge in [0.2, 0.25) is 0 Å². The Hall–Kier alpha value is -0.610. The molecule has 3 rings (SSSR count). The molecule has 2 aromatic carbocycles. The van der Waals surface area contributed by atoms with Crippen LogP contribution in [0.15, 0.2) is 62.9 Å². The number of thiophene rings is 1. The Balaban J connectivity index is 2.14. The first kappa shape index (κ1) is 14.3. The Morgan fingerprint density at radius 2 is 1.45 bits per heavy atom. The summed E-state index contributed by atoms with van der Waals surface area (Å²) in [5.41, 5.74) is 3.53. The second kappa shape index (κ2) is 6.02. The van der Waals surface area contributed by atoms with Gasteiger partial charge in [0.05, 0.1) is 8.66 Å². The molecule has 0 aliphatic heterocycles. The zero-order valence-corrected chi connectivity index (χ0v) is 15.0. The molecule has 3 aromatic rings. The van der Waals surface area contributed by atoms with Crippen molar-refractivity contribution in [2.75, 3.05) is 0 Å². The second-order valence-electron chi connectivity index (χ2n) is 4.27. The summed E-state index contributed by atoms with van der Waals surface area (Å²) in [5, 5.41) is 0.750. The molecule has 20 heavy (non-hydrogen) atoms. The van der Waals surface area contributed by atoms with Crippen molar-refractivity contribution < 1.29 is 0 Å². The van der Waals surface area contributed by atoms with E-state index in [-0.39, 0.29) is 0 Å². The van der Waals surface area contributed by atoms with Crippen LogP contribution in [0.1, 0.15) is 0 Å². The summed E-state index contributed by atoms with van der Waals surface area (Å²) in [7, 11) is 0. The molecular formula is C16H9Br2ClS. The van der Waals surface area contributed by atoms with Crippen molar-refractivity contribution in [3.8, 4) is 21.6 Å². The lowest BCUT2D eigenvalue weighted by Gasteiger charge is -2.02. The van der Waals surface area contributed by atoms with Crippen LogP contribution < -0.4 is 0 Å². The zero-order valence-electron chi connectivity index (χ0n) is 10.2. The van der Waals surface area contributed by atoms with Crippen molar-refractivity contribution in [2.24, 2.45) is 0 Å². The molecule has 0 bridgehead atoms. The molecule has 0 aliphatic carbocycles. The van der Waals surface area contributed by atoms with Gasteiger partial charge >= 0.3 is 0 Å². The quantitative estimate of drug-likeness (QED) is 0.403. The topological polar surface area (TPSA) is 0 Å². The fourth-order valence-corrected chi connectivity index (χ4v) is 5.30. The monoisotopic (exact) mass is 426 g/mol. The average Bonchev–Trinajstić information content (AvgIpc) is 2.76. The van der Waals surface area contributed by atoms with Crippen molar-refractivity contribution in [1.29, 1.82) is 0 Å². The van der Waals surface area contributed by atoms with E-state index in [0.29, 0.717) is 0 Å². The Morgan fingerprint density at radius 1 is 0.800 bits per heavy atom. The van der Waals surface area contributed by atoms with Crippen molar-refractivity contribution in [1.82, 2.24) is 0 Å². The molecule has 0 amide bonds. The number of halogens is 3. The van der Waals surface area contributed by atoms with Gasteiger partial charge < -0.3 is 0 Å². The van der Waals surface area contributed by atoms with Gasteiger partial charge in [-0.05, 0) is 55.1 Å². The van der Waals surface area contributed by atoms with Crippen molar-refractivity contribution in [3.63, 3.8) is 0 Å². The van der Waals surface area contributed by atoms with Crippen LogP contribution in [0, 0.1) is 0 Å². The van der Waals surface area contributed by atoms with E-state index >= 15 is 0 Å². The second-order valence-corrected chi connectivity index (χ2v) is 7.83. The summed E-state index contributed by atoms with van der Waals surface area (Å²) in [4.78, 5) is 1.22. The van der Waals surface area contributed by atoms with E-state index in [1.54, 1.807) is 11.3 Å².